The Bertz CT molecular complexity index is 280. The SMILES string of the molecule is CCOC(=O)C(N(F)F)([N+](=O)[O-])[N+](=O)[O-]. The van der Waals surface area contributed by atoms with Crippen molar-refractivity contribution in [2.45, 2.75) is 12.7 Å². The first-order valence-electron chi connectivity index (χ1n) is 3.39. The number of nitrogens with zero attached hydrogens (tertiary/aromatic N) is 3. The van der Waals surface area contributed by atoms with Gasteiger partial charge in [-0.15, -0.1) is 0 Å². The van der Waals surface area contributed by atoms with Crippen LogP contribution in [0.4, 0.5) is 8.96 Å². The Hall–Kier alpha value is -1.91. The van der Waals surface area contributed by atoms with Crippen molar-refractivity contribution in [2.75, 3.05) is 6.61 Å². The lowest BCUT2D eigenvalue weighted by molar-refractivity contribution is -0.828. The molecule has 0 saturated carbocycles. The van der Waals surface area contributed by atoms with Gasteiger partial charge in [-0.05, 0) is 6.92 Å². The van der Waals surface area contributed by atoms with Crippen LogP contribution < -0.4 is 0 Å². The van der Waals surface area contributed by atoms with Crippen LogP contribution in [0.15, 0.2) is 0 Å². The summed E-state index contributed by atoms with van der Waals surface area (Å²) < 4.78 is 28.0. The Morgan fingerprint density at radius 1 is 1.40 bits per heavy atom. The summed E-state index contributed by atoms with van der Waals surface area (Å²) in [7, 11) is 0. The maximum Gasteiger partial charge on any atom is 0.673 e. The van der Waals surface area contributed by atoms with Gasteiger partial charge in [0.2, 0.25) is 0 Å². The van der Waals surface area contributed by atoms with Crippen LogP contribution in [0.5, 0.6) is 0 Å². The number of ether oxygens (including phenoxy) is 1. The maximum absolute atomic E-state index is 12.1. The number of carbonyl (C=O) groups is 1. The zero-order chi connectivity index (χ0) is 12.2. The molecule has 0 N–H and O–H groups in total. The monoisotopic (exact) mass is 229 g/mol. The van der Waals surface area contributed by atoms with Crippen LogP contribution in [0.25, 0.3) is 0 Å². The van der Waals surface area contributed by atoms with Crippen LogP contribution in [-0.4, -0.2) is 33.6 Å². The van der Waals surface area contributed by atoms with Gasteiger partial charge in [0.15, 0.2) is 5.34 Å². The molecular weight excluding hydrogens is 224 g/mol. The van der Waals surface area contributed by atoms with Crippen LogP contribution in [0.3, 0.4) is 0 Å². The predicted molar refractivity (Wildman–Crippen MR) is 37.4 cm³/mol. The van der Waals surface area contributed by atoms with Crippen molar-refractivity contribution in [1.82, 2.24) is 5.34 Å². The zero-order valence-electron chi connectivity index (χ0n) is 7.25. The van der Waals surface area contributed by atoms with Gasteiger partial charge in [0.05, 0.1) is 6.61 Å². The summed E-state index contributed by atoms with van der Waals surface area (Å²) in [4.78, 5) is 27.0. The Balaban J connectivity index is 5.43. The predicted octanol–water partition coefficient (Wildman–Crippen LogP) is -0.172. The van der Waals surface area contributed by atoms with Crippen LogP contribution in [0.1, 0.15) is 6.92 Å². The fourth-order valence-corrected chi connectivity index (χ4v) is 0.636. The largest absolute Gasteiger partial charge is 0.673 e. The molecule has 0 spiro atoms. The molecule has 0 heterocycles. The van der Waals surface area contributed by atoms with Gasteiger partial charge < -0.3 is 4.74 Å². The highest BCUT2D eigenvalue weighted by molar-refractivity contribution is 5.76. The Morgan fingerprint density at radius 2 is 1.80 bits per heavy atom. The van der Waals surface area contributed by atoms with Crippen LogP contribution >= 0.6 is 0 Å². The summed E-state index contributed by atoms with van der Waals surface area (Å²) >= 11 is 0. The Labute approximate surface area is 80.4 Å². The van der Waals surface area contributed by atoms with Crippen LogP contribution in [0.2, 0.25) is 0 Å². The van der Waals surface area contributed by atoms with E-state index >= 15 is 0 Å². The molecule has 0 radical (unpaired) electrons. The van der Waals surface area contributed by atoms with Crippen molar-refractivity contribution in [3.63, 3.8) is 0 Å². The number of hydrogen-bond acceptors (Lipinski definition) is 7. The Kier molecular flexibility index (Phi) is 3.97. The van der Waals surface area contributed by atoms with Crippen molar-refractivity contribution in [3.05, 3.63) is 20.2 Å². The maximum atomic E-state index is 12.1. The lowest BCUT2D eigenvalue weighted by atomic mass is 10.4. The minimum Gasteiger partial charge on any atom is -0.454 e. The van der Waals surface area contributed by atoms with Crippen molar-refractivity contribution in [1.29, 1.82) is 0 Å². The number of hydrogen-bond donors (Lipinski definition) is 0. The van der Waals surface area contributed by atoms with Gasteiger partial charge in [-0.1, -0.05) is 8.96 Å². The Morgan fingerprint density at radius 3 is 2.00 bits per heavy atom. The van der Waals surface area contributed by atoms with E-state index in [4.69, 9.17) is 0 Å². The fraction of sp³-hybridized carbons (Fsp3) is 0.750. The molecule has 0 rings (SSSR count). The third kappa shape index (κ3) is 1.96. The second kappa shape index (κ2) is 4.54. The molecule has 0 atom stereocenters. The van der Waals surface area contributed by atoms with Crippen molar-refractivity contribution in [2.24, 2.45) is 0 Å². The van der Waals surface area contributed by atoms with E-state index in [1.807, 2.05) is 0 Å². The van der Waals surface area contributed by atoms with Crippen molar-refractivity contribution < 1.29 is 28.3 Å². The topological polar surface area (TPSA) is 116 Å². The van der Waals surface area contributed by atoms with E-state index in [1.165, 1.54) is 0 Å². The van der Waals surface area contributed by atoms with E-state index in [2.05, 4.69) is 4.74 Å². The second-order valence-electron chi connectivity index (χ2n) is 2.10. The highest BCUT2D eigenvalue weighted by Gasteiger charge is 2.75. The number of nitro groups is 2. The molecule has 15 heavy (non-hydrogen) atoms. The van der Waals surface area contributed by atoms with Gasteiger partial charge >= 0.3 is 11.8 Å². The number of rotatable bonds is 5. The van der Waals surface area contributed by atoms with E-state index < -0.39 is 33.6 Å². The average molecular weight is 229 g/mol. The second-order valence-corrected chi connectivity index (χ2v) is 2.10. The fourth-order valence-electron chi connectivity index (χ4n) is 0.636. The normalized spacial score (nSPS) is 11.2. The van der Waals surface area contributed by atoms with Crippen molar-refractivity contribution in [3.8, 4) is 0 Å². The lowest BCUT2D eigenvalue weighted by Crippen LogP contribution is -2.61. The number of carbonyl (C=O) groups excluding carboxylic acids is 1. The highest BCUT2D eigenvalue weighted by atomic mass is 19.4. The number of esters is 1. The molecule has 0 aliphatic carbocycles. The molecule has 0 saturated heterocycles. The summed E-state index contributed by atoms with van der Waals surface area (Å²) in [5.41, 5.74) is 0. The molecular formula is C4H5F2N3O6. The summed E-state index contributed by atoms with van der Waals surface area (Å²) in [6.45, 7) is 0.652. The first-order valence-corrected chi connectivity index (χ1v) is 3.39. The third-order valence-electron chi connectivity index (χ3n) is 1.29. The molecule has 86 valence electrons. The molecule has 0 aromatic heterocycles. The van der Waals surface area contributed by atoms with E-state index in [0.29, 0.717) is 0 Å². The molecule has 0 aliphatic rings. The molecule has 0 aromatic rings. The highest BCUT2D eigenvalue weighted by Crippen LogP contribution is 2.20. The first kappa shape index (κ1) is 13.1. The van der Waals surface area contributed by atoms with Crippen molar-refractivity contribution >= 4 is 5.97 Å². The third-order valence-corrected chi connectivity index (χ3v) is 1.29. The molecule has 0 aliphatic heterocycles. The van der Waals surface area contributed by atoms with Gasteiger partial charge in [-0.2, -0.15) is 0 Å². The van der Waals surface area contributed by atoms with Gasteiger partial charge in [-0.3, -0.25) is 20.2 Å². The standard InChI is InChI=1S/C4H5F2N3O6/c1-2-15-3(10)4(7(5)6,8(11)12)9(13)14/h2H2,1H3. The number of halogens is 2. The van der Waals surface area contributed by atoms with E-state index in [1.54, 1.807) is 0 Å². The van der Waals surface area contributed by atoms with E-state index in [9.17, 15) is 34.0 Å². The molecule has 0 unspecified atom stereocenters. The summed E-state index contributed by atoms with van der Waals surface area (Å²) in [5.74, 6) is -6.67. The summed E-state index contributed by atoms with van der Waals surface area (Å²) in [5, 5.41) is 17.9. The molecule has 11 heteroatoms. The first-order chi connectivity index (χ1) is 6.81. The molecule has 0 aromatic carbocycles. The smallest absolute Gasteiger partial charge is 0.454 e. The molecule has 0 fully saturated rings. The van der Waals surface area contributed by atoms with Gasteiger partial charge in [0, 0.05) is 0 Å². The van der Waals surface area contributed by atoms with Gasteiger partial charge in [-0.25, -0.2) is 4.79 Å². The lowest BCUT2D eigenvalue weighted by Gasteiger charge is -2.13. The minimum atomic E-state index is -4.41. The summed E-state index contributed by atoms with van der Waals surface area (Å²) in [6.07, 6.45) is 0. The molecule has 0 bridgehead atoms. The summed E-state index contributed by atoms with van der Waals surface area (Å²) in [6, 6.07) is 0. The van der Waals surface area contributed by atoms with Gasteiger partial charge in [0.25, 0.3) is 0 Å². The quantitative estimate of drug-likeness (QED) is 0.211. The average Bonchev–Trinajstić information content (AvgIpc) is 2.02. The van der Waals surface area contributed by atoms with E-state index in [0.717, 1.165) is 6.92 Å². The van der Waals surface area contributed by atoms with Gasteiger partial charge in [0.1, 0.15) is 9.85 Å². The van der Waals surface area contributed by atoms with Crippen LogP contribution in [0, 0.1) is 20.2 Å². The molecule has 9 nitrogen and oxygen atoms in total. The van der Waals surface area contributed by atoms with E-state index in [-0.39, 0.29) is 0 Å². The minimum absolute atomic E-state index is 0.504. The zero-order valence-corrected chi connectivity index (χ0v) is 7.25. The van der Waals surface area contributed by atoms with Crippen LogP contribution in [-0.2, 0) is 9.53 Å². The molecule has 0 amide bonds.